The minimum Gasteiger partial charge on any atom is -0.348 e. The number of anilines is 1. The van der Waals surface area contributed by atoms with Crippen LogP contribution in [-0.2, 0) is 0 Å². The van der Waals surface area contributed by atoms with E-state index >= 15 is 0 Å². The lowest BCUT2D eigenvalue weighted by molar-refractivity contribution is 0.230. The summed E-state index contributed by atoms with van der Waals surface area (Å²) in [6, 6.07) is 0.711. The summed E-state index contributed by atoms with van der Waals surface area (Å²) >= 11 is 1.68. The van der Waals surface area contributed by atoms with Crippen LogP contribution in [0, 0.1) is 0 Å². The van der Waals surface area contributed by atoms with Gasteiger partial charge in [-0.05, 0) is 25.7 Å². The second-order valence-electron chi connectivity index (χ2n) is 5.68. The monoisotopic (exact) mass is 294 g/mol. The first-order valence-corrected chi connectivity index (χ1v) is 8.41. The topological polar surface area (TPSA) is 57.3 Å². The number of carbonyl (C=O) groups excluding carboxylic acids is 1. The fraction of sp³-hybridized carbons (Fsp3) is 0.714. The van der Waals surface area contributed by atoms with Crippen LogP contribution >= 0.6 is 11.3 Å². The highest BCUT2D eigenvalue weighted by molar-refractivity contribution is 7.13. The molecule has 1 aliphatic carbocycles. The second-order valence-corrected chi connectivity index (χ2v) is 6.55. The Hall–Kier alpha value is -1.30. The molecule has 0 atom stereocenters. The lowest BCUT2D eigenvalue weighted by Crippen LogP contribution is -2.49. The quantitative estimate of drug-likeness (QED) is 0.899. The van der Waals surface area contributed by atoms with E-state index in [1.165, 1.54) is 12.8 Å². The number of hydrogen-bond acceptors (Lipinski definition) is 4. The molecule has 2 aliphatic rings. The first-order valence-electron chi connectivity index (χ1n) is 7.53. The molecule has 20 heavy (non-hydrogen) atoms. The van der Waals surface area contributed by atoms with Gasteiger partial charge in [0.05, 0.1) is 0 Å². The molecule has 1 aromatic rings. The van der Waals surface area contributed by atoms with Gasteiger partial charge in [0.2, 0.25) is 0 Å². The predicted molar refractivity (Wildman–Crippen MR) is 81.3 cm³/mol. The average molecular weight is 294 g/mol. The number of nitrogens with one attached hydrogen (secondary N) is 2. The van der Waals surface area contributed by atoms with Crippen molar-refractivity contribution >= 4 is 22.5 Å². The van der Waals surface area contributed by atoms with Crippen LogP contribution in [0.3, 0.4) is 0 Å². The highest BCUT2D eigenvalue weighted by Crippen LogP contribution is 2.22. The molecule has 0 bridgehead atoms. The van der Waals surface area contributed by atoms with Crippen LogP contribution in [0.15, 0.2) is 11.6 Å². The molecule has 2 N–H and O–H groups in total. The van der Waals surface area contributed by atoms with E-state index < -0.39 is 0 Å². The molecular formula is C14H22N4OS. The number of hydrogen-bond donors (Lipinski definition) is 2. The van der Waals surface area contributed by atoms with Crippen LogP contribution in [0.25, 0.3) is 0 Å². The van der Waals surface area contributed by atoms with Crippen molar-refractivity contribution in [2.24, 2.45) is 0 Å². The number of piperidine rings is 1. The maximum Gasteiger partial charge on any atom is 0.315 e. The Morgan fingerprint density at radius 2 is 1.80 bits per heavy atom. The van der Waals surface area contributed by atoms with Gasteiger partial charge in [0.15, 0.2) is 5.13 Å². The fourth-order valence-electron chi connectivity index (χ4n) is 3.07. The van der Waals surface area contributed by atoms with Crippen molar-refractivity contribution in [1.29, 1.82) is 0 Å². The van der Waals surface area contributed by atoms with Gasteiger partial charge in [-0.2, -0.15) is 0 Å². The van der Waals surface area contributed by atoms with Crippen molar-refractivity contribution in [3.05, 3.63) is 11.6 Å². The lowest BCUT2D eigenvalue weighted by Gasteiger charge is -2.32. The predicted octanol–water partition coefficient (Wildman–Crippen LogP) is 2.35. The Bertz CT molecular complexity index is 422. The molecule has 1 saturated heterocycles. The normalized spacial score (nSPS) is 21.1. The fourth-order valence-corrected chi connectivity index (χ4v) is 3.77. The van der Waals surface area contributed by atoms with E-state index in [9.17, 15) is 4.79 Å². The van der Waals surface area contributed by atoms with Crippen LogP contribution in [-0.4, -0.2) is 36.2 Å². The van der Waals surface area contributed by atoms with E-state index in [1.807, 2.05) is 11.6 Å². The molecular weight excluding hydrogens is 272 g/mol. The number of urea groups is 1. The molecule has 5 nitrogen and oxygen atoms in total. The Morgan fingerprint density at radius 3 is 2.40 bits per heavy atom. The highest BCUT2D eigenvalue weighted by atomic mass is 32.1. The van der Waals surface area contributed by atoms with Crippen molar-refractivity contribution in [2.45, 2.75) is 50.6 Å². The van der Waals surface area contributed by atoms with Gasteiger partial charge in [-0.1, -0.05) is 12.8 Å². The van der Waals surface area contributed by atoms with Gasteiger partial charge >= 0.3 is 6.03 Å². The smallest absolute Gasteiger partial charge is 0.315 e. The van der Waals surface area contributed by atoms with E-state index in [-0.39, 0.29) is 6.03 Å². The zero-order valence-corrected chi connectivity index (χ0v) is 12.5. The van der Waals surface area contributed by atoms with Crippen LogP contribution in [0.1, 0.15) is 38.5 Å². The number of carbonyl (C=O) groups is 1. The first kappa shape index (κ1) is 13.7. The average Bonchev–Trinajstić information content (AvgIpc) is 3.12. The number of rotatable bonds is 3. The number of thiazole rings is 1. The van der Waals surface area contributed by atoms with Crippen molar-refractivity contribution in [3.8, 4) is 0 Å². The highest BCUT2D eigenvalue weighted by Gasteiger charge is 2.23. The van der Waals surface area contributed by atoms with Gasteiger partial charge in [0, 0.05) is 36.8 Å². The van der Waals surface area contributed by atoms with Crippen LogP contribution in [0.5, 0.6) is 0 Å². The SMILES string of the molecule is O=C(NC1CCCC1)NC1CCN(c2nccs2)CC1. The number of amides is 2. The second kappa shape index (κ2) is 6.43. The summed E-state index contributed by atoms with van der Waals surface area (Å²) in [5.41, 5.74) is 0. The van der Waals surface area contributed by atoms with Gasteiger partial charge in [-0.25, -0.2) is 9.78 Å². The van der Waals surface area contributed by atoms with Gasteiger partial charge in [-0.3, -0.25) is 0 Å². The summed E-state index contributed by atoms with van der Waals surface area (Å²) in [4.78, 5) is 18.6. The van der Waals surface area contributed by atoms with E-state index in [1.54, 1.807) is 11.3 Å². The van der Waals surface area contributed by atoms with E-state index in [4.69, 9.17) is 0 Å². The zero-order chi connectivity index (χ0) is 13.8. The molecule has 0 aromatic carbocycles. The molecule has 110 valence electrons. The van der Waals surface area contributed by atoms with E-state index in [0.717, 1.165) is 43.9 Å². The largest absolute Gasteiger partial charge is 0.348 e. The summed E-state index contributed by atoms with van der Waals surface area (Å²) in [6.45, 7) is 1.95. The Labute approximate surface area is 123 Å². The van der Waals surface area contributed by atoms with E-state index in [0.29, 0.717) is 12.1 Å². The Morgan fingerprint density at radius 1 is 1.15 bits per heavy atom. The van der Waals surface area contributed by atoms with Gasteiger partial charge in [0.1, 0.15) is 0 Å². The van der Waals surface area contributed by atoms with Crippen LogP contribution in [0.2, 0.25) is 0 Å². The third-order valence-corrected chi connectivity index (χ3v) is 5.04. The van der Waals surface area contributed by atoms with Crippen molar-refractivity contribution in [3.63, 3.8) is 0 Å². The number of nitrogens with zero attached hydrogens (tertiary/aromatic N) is 2. The summed E-state index contributed by atoms with van der Waals surface area (Å²) in [7, 11) is 0. The maximum absolute atomic E-state index is 11.9. The molecule has 3 rings (SSSR count). The minimum atomic E-state index is 0.0181. The van der Waals surface area contributed by atoms with Crippen molar-refractivity contribution in [1.82, 2.24) is 15.6 Å². The molecule has 6 heteroatoms. The minimum absolute atomic E-state index is 0.0181. The van der Waals surface area contributed by atoms with Gasteiger partial charge in [-0.15, -0.1) is 11.3 Å². The first-order chi connectivity index (χ1) is 9.81. The van der Waals surface area contributed by atoms with Crippen molar-refractivity contribution in [2.75, 3.05) is 18.0 Å². The summed E-state index contributed by atoms with van der Waals surface area (Å²) in [5.74, 6) is 0. The molecule has 0 spiro atoms. The van der Waals surface area contributed by atoms with Gasteiger partial charge < -0.3 is 15.5 Å². The Balaban J connectivity index is 1.40. The molecule has 2 amide bonds. The van der Waals surface area contributed by atoms with E-state index in [2.05, 4.69) is 20.5 Å². The zero-order valence-electron chi connectivity index (χ0n) is 11.7. The lowest BCUT2D eigenvalue weighted by atomic mass is 10.1. The summed E-state index contributed by atoms with van der Waals surface area (Å²) in [5, 5.41) is 9.31. The Kier molecular flexibility index (Phi) is 4.40. The van der Waals surface area contributed by atoms with Crippen LogP contribution in [0.4, 0.5) is 9.93 Å². The summed E-state index contributed by atoms with van der Waals surface area (Å²) in [6.07, 6.45) is 8.61. The maximum atomic E-state index is 11.9. The van der Waals surface area contributed by atoms with Crippen molar-refractivity contribution < 1.29 is 4.79 Å². The molecule has 1 aliphatic heterocycles. The van der Waals surface area contributed by atoms with Gasteiger partial charge in [0.25, 0.3) is 0 Å². The van der Waals surface area contributed by atoms with Crippen LogP contribution < -0.4 is 15.5 Å². The third-order valence-electron chi connectivity index (χ3n) is 4.21. The molecule has 1 saturated carbocycles. The molecule has 2 fully saturated rings. The molecule has 0 radical (unpaired) electrons. The standard InChI is InChI=1S/C14H22N4OS/c19-13(16-11-3-1-2-4-11)17-12-5-8-18(9-6-12)14-15-7-10-20-14/h7,10-12H,1-6,8-9H2,(H2,16,17,19). The summed E-state index contributed by atoms with van der Waals surface area (Å²) < 4.78 is 0. The molecule has 2 heterocycles. The molecule has 1 aromatic heterocycles. The molecule has 0 unspecified atom stereocenters. The number of aromatic nitrogens is 1. The third kappa shape index (κ3) is 3.42.